The second-order valence-electron chi connectivity index (χ2n) is 3.86. The highest BCUT2D eigenvalue weighted by Crippen LogP contribution is 2.33. The van der Waals surface area contributed by atoms with Crippen molar-refractivity contribution >= 4 is 5.69 Å². The fraction of sp³-hybridized carbons (Fsp3) is 0.545. The third-order valence-electron chi connectivity index (χ3n) is 2.67. The smallest absolute Gasteiger partial charge is 0.213 e. The number of hydrogen-bond donors (Lipinski definition) is 1. The molecule has 1 aliphatic carbocycles. The van der Waals surface area contributed by atoms with Gasteiger partial charge in [-0.25, -0.2) is 4.98 Å². The zero-order valence-corrected chi connectivity index (χ0v) is 8.66. The lowest BCUT2D eigenvalue weighted by molar-refractivity contribution is 0.398. The maximum Gasteiger partial charge on any atom is 0.213 e. The number of nitrogens with zero attached hydrogens (tertiary/aromatic N) is 1. The minimum absolute atomic E-state index is 0.560. The molecule has 0 radical (unpaired) electrons. The number of aromatic nitrogens is 1. The Bertz CT molecular complexity index is 293. The van der Waals surface area contributed by atoms with Crippen LogP contribution in [0.1, 0.15) is 19.8 Å². The van der Waals surface area contributed by atoms with Crippen molar-refractivity contribution in [3.63, 3.8) is 0 Å². The van der Waals surface area contributed by atoms with E-state index in [9.17, 15) is 0 Å². The van der Waals surface area contributed by atoms with E-state index in [1.54, 1.807) is 7.11 Å². The van der Waals surface area contributed by atoms with Gasteiger partial charge in [-0.05, 0) is 31.7 Å². The molecule has 0 bridgehead atoms. The fourth-order valence-corrected chi connectivity index (χ4v) is 1.56. The molecule has 1 heterocycles. The molecule has 1 N–H and O–H groups in total. The number of anilines is 1. The molecule has 0 spiro atoms. The summed E-state index contributed by atoms with van der Waals surface area (Å²) >= 11 is 0. The summed E-state index contributed by atoms with van der Waals surface area (Å²) in [5.74, 6) is 1.52. The molecule has 2 rings (SSSR count). The van der Waals surface area contributed by atoms with Crippen LogP contribution in [0.25, 0.3) is 0 Å². The Hall–Kier alpha value is -1.25. The zero-order valence-electron chi connectivity index (χ0n) is 8.66. The minimum Gasteiger partial charge on any atom is -0.481 e. The van der Waals surface area contributed by atoms with Gasteiger partial charge < -0.3 is 10.1 Å². The highest BCUT2D eigenvalue weighted by atomic mass is 16.5. The number of ether oxygens (including phenoxy) is 1. The molecule has 0 aromatic carbocycles. The fourth-order valence-electron chi connectivity index (χ4n) is 1.56. The maximum absolute atomic E-state index is 5.00. The van der Waals surface area contributed by atoms with Gasteiger partial charge >= 0.3 is 0 Å². The molecule has 3 heteroatoms. The third-order valence-corrected chi connectivity index (χ3v) is 2.67. The first kappa shape index (κ1) is 9.31. The van der Waals surface area contributed by atoms with Gasteiger partial charge in [-0.3, -0.25) is 0 Å². The van der Waals surface area contributed by atoms with E-state index in [-0.39, 0.29) is 0 Å². The second-order valence-corrected chi connectivity index (χ2v) is 3.86. The first-order valence-electron chi connectivity index (χ1n) is 5.06. The summed E-state index contributed by atoms with van der Waals surface area (Å²) in [6.07, 6.45) is 4.53. The molecule has 1 fully saturated rings. The molecule has 1 saturated carbocycles. The van der Waals surface area contributed by atoms with Gasteiger partial charge in [-0.15, -0.1) is 0 Å². The van der Waals surface area contributed by atoms with Crippen LogP contribution >= 0.6 is 0 Å². The molecule has 1 atom stereocenters. The summed E-state index contributed by atoms with van der Waals surface area (Å²) in [4.78, 5) is 4.15. The van der Waals surface area contributed by atoms with Crippen LogP contribution in [0.15, 0.2) is 18.3 Å². The van der Waals surface area contributed by atoms with Crippen molar-refractivity contribution in [2.45, 2.75) is 25.8 Å². The molecular weight excluding hydrogens is 176 g/mol. The number of pyridine rings is 1. The van der Waals surface area contributed by atoms with Crippen molar-refractivity contribution in [3.05, 3.63) is 18.3 Å². The topological polar surface area (TPSA) is 34.1 Å². The van der Waals surface area contributed by atoms with Gasteiger partial charge in [0.15, 0.2) is 0 Å². The first-order valence-corrected chi connectivity index (χ1v) is 5.06. The van der Waals surface area contributed by atoms with Crippen molar-refractivity contribution in [1.29, 1.82) is 0 Å². The summed E-state index contributed by atoms with van der Waals surface area (Å²) in [5, 5.41) is 3.44. The summed E-state index contributed by atoms with van der Waals surface area (Å²) in [6.45, 7) is 2.22. The second kappa shape index (κ2) is 3.86. The molecule has 0 saturated heterocycles. The number of rotatable bonds is 4. The Morgan fingerprint density at radius 2 is 2.29 bits per heavy atom. The SMILES string of the molecule is COc1ccc(NC(C)C2CC2)cn1. The van der Waals surface area contributed by atoms with Crippen LogP contribution in [0, 0.1) is 5.92 Å². The van der Waals surface area contributed by atoms with Crippen LogP contribution in [0.5, 0.6) is 5.88 Å². The van der Waals surface area contributed by atoms with E-state index in [0.717, 1.165) is 11.6 Å². The molecule has 76 valence electrons. The Labute approximate surface area is 84.5 Å². The van der Waals surface area contributed by atoms with E-state index in [4.69, 9.17) is 4.74 Å². The zero-order chi connectivity index (χ0) is 9.97. The highest BCUT2D eigenvalue weighted by molar-refractivity contribution is 5.43. The molecule has 0 amide bonds. The summed E-state index contributed by atoms with van der Waals surface area (Å²) < 4.78 is 5.00. The van der Waals surface area contributed by atoms with Gasteiger partial charge in [-0.1, -0.05) is 0 Å². The predicted molar refractivity (Wildman–Crippen MR) is 56.6 cm³/mol. The van der Waals surface area contributed by atoms with Gasteiger partial charge in [0.25, 0.3) is 0 Å². The largest absolute Gasteiger partial charge is 0.481 e. The molecular formula is C11H16N2O. The molecule has 1 aromatic heterocycles. The minimum atomic E-state index is 0.560. The Morgan fingerprint density at radius 3 is 2.79 bits per heavy atom. The Kier molecular flexibility index (Phi) is 2.57. The summed E-state index contributed by atoms with van der Waals surface area (Å²) in [5.41, 5.74) is 1.07. The standard InChI is InChI=1S/C11H16N2O/c1-8(9-3-4-9)13-10-5-6-11(14-2)12-7-10/h5-9,13H,3-4H2,1-2H3. The lowest BCUT2D eigenvalue weighted by Gasteiger charge is -2.13. The van der Waals surface area contributed by atoms with Gasteiger partial charge in [0, 0.05) is 12.1 Å². The van der Waals surface area contributed by atoms with Crippen molar-refractivity contribution in [2.75, 3.05) is 12.4 Å². The number of nitrogens with one attached hydrogen (secondary N) is 1. The van der Waals surface area contributed by atoms with Crippen LogP contribution in [-0.2, 0) is 0 Å². The van der Waals surface area contributed by atoms with E-state index >= 15 is 0 Å². The van der Waals surface area contributed by atoms with E-state index < -0.39 is 0 Å². The molecule has 1 aliphatic rings. The van der Waals surface area contributed by atoms with E-state index in [1.165, 1.54) is 12.8 Å². The predicted octanol–water partition coefficient (Wildman–Crippen LogP) is 2.30. The average Bonchev–Trinajstić information content (AvgIpc) is 3.02. The third kappa shape index (κ3) is 2.16. The lowest BCUT2D eigenvalue weighted by atomic mass is 10.2. The van der Waals surface area contributed by atoms with Crippen LogP contribution in [0.4, 0.5) is 5.69 Å². The molecule has 1 unspecified atom stereocenters. The van der Waals surface area contributed by atoms with Crippen molar-refractivity contribution in [3.8, 4) is 5.88 Å². The molecule has 3 nitrogen and oxygen atoms in total. The number of methoxy groups -OCH3 is 1. The highest BCUT2D eigenvalue weighted by Gasteiger charge is 2.27. The molecule has 14 heavy (non-hydrogen) atoms. The van der Waals surface area contributed by atoms with Crippen LogP contribution < -0.4 is 10.1 Å². The van der Waals surface area contributed by atoms with Gasteiger partial charge in [0.05, 0.1) is 19.0 Å². The number of hydrogen-bond acceptors (Lipinski definition) is 3. The molecule has 0 aliphatic heterocycles. The average molecular weight is 192 g/mol. The van der Waals surface area contributed by atoms with Crippen molar-refractivity contribution < 1.29 is 4.74 Å². The van der Waals surface area contributed by atoms with Crippen LogP contribution in [-0.4, -0.2) is 18.1 Å². The Balaban J connectivity index is 1.95. The van der Waals surface area contributed by atoms with E-state index in [1.807, 2.05) is 18.3 Å². The maximum atomic E-state index is 5.00. The van der Waals surface area contributed by atoms with Crippen molar-refractivity contribution in [1.82, 2.24) is 4.98 Å². The normalized spacial score (nSPS) is 17.6. The van der Waals surface area contributed by atoms with Gasteiger partial charge in [0.2, 0.25) is 5.88 Å². The quantitative estimate of drug-likeness (QED) is 0.794. The van der Waals surface area contributed by atoms with Crippen LogP contribution in [0.3, 0.4) is 0 Å². The van der Waals surface area contributed by atoms with Gasteiger partial charge in [-0.2, -0.15) is 0 Å². The summed E-state index contributed by atoms with van der Waals surface area (Å²) in [6, 6.07) is 4.44. The Morgan fingerprint density at radius 1 is 1.50 bits per heavy atom. The van der Waals surface area contributed by atoms with E-state index in [2.05, 4.69) is 17.2 Å². The summed E-state index contributed by atoms with van der Waals surface area (Å²) in [7, 11) is 1.63. The lowest BCUT2D eigenvalue weighted by Crippen LogP contribution is -2.17. The van der Waals surface area contributed by atoms with Gasteiger partial charge in [0.1, 0.15) is 0 Å². The molecule has 1 aromatic rings. The first-order chi connectivity index (χ1) is 6.79. The van der Waals surface area contributed by atoms with E-state index in [0.29, 0.717) is 11.9 Å². The van der Waals surface area contributed by atoms with Crippen molar-refractivity contribution in [2.24, 2.45) is 5.92 Å². The monoisotopic (exact) mass is 192 g/mol. The van der Waals surface area contributed by atoms with Crippen LogP contribution in [0.2, 0.25) is 0 Å².